The molecule has 11 heteroatoms. The van der Waals surface area contributed by atoms with Crippen molar-refractivity contribution < 1.29 is 26.8 Å². The number of hydrogen-bond acceptors (Lipinski definition) is 3. The molecule has 0 aliphatic carbocycles. The third-order valence-electron chi connectivity index (χ3n) is 5.90. The SMILES string of the molecule is Cl.O=C(c1ccc(CSc2c(Cl)ccc3c2CCNCC3)cc1F)N(F)Cc1ccc(C(F)(F)F)cc1. The van der Waals surface area contributed by atoms with E-state index in [1.807, 2.05) is 12.1 Å². The van der Waals surface area contributed by atoms with Crippen molar-refractivity contribution in [3.05, 3.63) is 98.8 Å². The maximum Gasteiger partial charge on any atom is 0.416 e. The second kappa shape index (κ2) is 12.5. The van der Waals surface area contributed by atoms with Crippen LogP contribution >= 0.6 is 35.8 Å². The summed E-state index contributed by atoms with van der Waals surface area (Å²) >= 11 is 7.93. The largest absolute Gasteiger partial charge is 0.416 e. The van der Waals surface area contributed by atoms with Crippen LogP contribution in [0.3, 0.4) is 0 Å². The van der Waals surface area contributed by atoms with Gasteiger partial charge in [-0.3, -0.25) is 4.79 Å². The molecule has 1 amide bonds. The van der Waals surface area contributed by atoms with Gasteiger partial charge >= 0.3 is 6.18 Å². The number of alkyl halides is 3. The normalized spacial score (nSPS) is 13.4. The van der Waals surface area contributed by atoms with E-state index < -0.39 is 35.6 Å². The number of fused-ring (bicyclic) bond motifs is 1. The van der Waals surface area contributed by atoms with Crippen molar-refractivity contribution in [2.45, 2.75) is 36.2 Å². The standard InChI is InChI=1S/C26H22ClF5N2OS.ClH/c27-22-8-4-18-9-11-33-12-10-20(18)24(22)36-15-17-3-7-21(23(28)13-17)25(35)34(32)14-16-1-5-19(6-2-16)26(29,30)31;/h1-8,13,33H,9-12,14-15H2;1H. The van der Waals surface area contributed by atoms with Crippen LogP contribution in [0.4, 0.5) is 22.0 Å². The van der Waals surface area contributed by atoms with Crippen molar-refractivity contribution >= 4 is 41.7 Å². The van der Waals surface area contributed by atoms with Crippen molar-refractivity contribution in [1.82, 2.24) is 10.4 Å². The third kappa shape index (κ3) is 7.16. The number of nitrogens with zero attached hydrogens (tertiary/aromatic N) is 1. The summed E-state index contributed by atoms with van der Waals surface area (Å²) in [5.74, 6) is -1.69. The van der Waals surface area contributed by atoms with E-state index in [9.17, 15) is 26.8 Å². The van der Waals surface area contributed by atoms with Gasteiger partial charge in [0.15, 0.2) is 0 Å². The first-order chi connectivity index (χ1) is 17.1. The molecule has 198 valence electrons. The minimum Gasteiger partial charge on any atom is -0.316 e. The number of halogens is 7. The number of nitrogens with one attached hydrogen (secondary N) is 1. The lowest BCUT2D eigenvalue weighted by atomic mass is 10.0. The monoisotopic (exact) mass is 576 g/mol. The summed E-state index contributed by atoms with van der Waals surface area (Å²) in [6.45, 7) is 1.13. The first-order valence-electron chi connectivity index (χ1n) is 11.2. The summed E-state index contributed by atoms with van der Waals surface area (Å²) in [6, 6.07) is 11.6. The molecule has 0 spiro atoms. The second-order valence-corrected chi connectivity index (χ2v) is 9.78. The summed E-state index contributed by atoms with van der Waals surface area (Å²) in [7, 11) is 0. The Hall–Kier alpha value is -2.33. The van der Waals surface area contributed by atoms with Gasteiger partial charge in [0.2, 0.25) is 0 Å². The van der Waals surface area contributed by atoms with Crippen molar-refractivity contribution in [1.29, 1.82) is 0 Å². The van der Waals surface area contributed by atoms with Crippen molar-refractivity contribution in [3.63, 3.8) is 0 Å². The van der Waals surface area contributed by atoms with Crippen molar-refractivity contribution in [2.24, 2.45) is 0 Å². The van der Waals surface area contributed by atoms with E-state index in [1.165, 1.54) is 35.0 Å². The van der Waals surface area contributed by atoms with Gasteiger partial charge in [0.1, 0.15) is 5.82 Å². The van der Waals surface area contributed by atoms with Gasteiger partial charge in [-0.1, -0.05) is 40.3 Å². The Morgan fingerprint density at radius 3 is 2.35 bits per heavy atom. The molecule has 0 radical (unpaired) electrons. The van der Waals surface area contributed by atoms with Gasteiger partial charge in [-0.25, -0.2) is 4.39 Å². The van der Waals surface area contributed by atoms with Crippen molar-refractivity contribution in [2.75, 3.05) is 13.1 Å². The van der Waals surface area contributed by atoms with E-state index in [0.29, 0.717) is 16.3 Å². The molecular weight excluding hydrogens is 554 g/mol. The Labute approximate surface area is 226 Å². The van der Waals surface area contributed by atoms with Crippen LogP contribution in [0.1, 0.15) is 38.2 Å². The molecule has 1 N–H and O–H groups in total. The zero-order valence-corrected chi connectivity index (χ0v) is 21.8. The van der Waals surface area contributed by atoms with Crippen LogP contribution in [0.15, 0.2) is 59.5 Å². The highest BCUT2D eigenvalue weighted by atomic mass is 35.5. The second-order valence-electron chi connectivity index (χ2n) is 8.39. The Kier molecular flexibility index (Phi) is 9.86. The van der Waals surface area contributed by atoms with E-state index >= 15 is 0 Å². The van der Waals surface area contributed by atoms with Gasteiger partial charge in [-0.05, 0) is 78.5 Å². The maximum atomic E-state index is 14.7. The van der Waals surface area contributed by atoms with Gasteiger partial charge in [-0.15, -0.1) is 24.2 Å². The van der Waals surface area contributed by atoms with Crippen LogP contribution in [0, 0.1) is 5.82 Å². The minimum atomic E-state index is -4.52. The van der Waals surface area contributed by atoms with Gasteiger partial charge < -0.3 is 5.32 Å². The predicted octanol–water partition coefficient (Wildman–Crippen LogP) is 7.43. The van der Waals surface area contributed by atoms with E-state index in [4.69, 9.17) is 11.6 Å². The molecule has 0 bridgehead atoms. The summed E-state index contributed by atoms with van der Waals surface area (Å²) in [5, 5.41) is 3.77. The molecular formula is C26H23Cl2F5N2OS. The van der Waals surface area contributed by atoms with E-state index in [2.05, 4.69) is 5.32 Å². The van der Waals surface area contributed by atoms with Crippen LogP contribution in [-0.4, -0.2) is 24.1 Å². The highest BCUT2D eigenvalue weighted by Crippen LogP contribution is 2.36. The lowest BCUT2D eigenvalue weighted by Crippen LogP contribution is -2.23. The van der Waals surface area contributed by atoms with Crippen LogP contribution in [0.5, 0.6) is 0 Å². The quantitative estimate of drug-likeness (QED) is 0.188. The van der Waals surface area contributed by atoms with Crippen LogP contribution in [0.25, 0.3) is 0 Å². The number of rotatable bonds is 6. The number of carbonyl (C=O) groups excluding carboxylic acids is 1. The first-order valence-corrected chi connectivity index (χ1v) is 12.6. The van der Waals surface area contributed by atoms with Gasteiger partial charge in [0.25, 0.3) is 5.91 Å². The highest BCUT2D eigenvalue weighted by Gasteiger charge is 2.30. The summed E-state index contributed by atoms with van der Waals surface area (Å²) < 4.78 is 67.2. The van der Waals surface area contributed by atoms with Crippen LogP contribution in [0.2, 0.25) is 5.02 Å². The summed E-state index contributed by atoms with van der Waals surface area (Å²) in [6.07, 6.45) is -2.78. The lowest BCUT2D eigenvalue weighted by Gasteiger charge is -2.15. The summed E-state index contributed by atoms with van der Waals surface area (Å²) in [4.78, 5) is 13.4. The van der Waals surface area contributed by atoms with Crippen molar-refractivity contribution in [3.8, 4) is 0 Å². The van der Waals surface area contributed by atoms with Gasteiger partial charge in [0, 0.05) is 10.6 Å². The Bertz CT molecular complexity index is 1250. The molecule has 0 saturated carbocycles. The number of carbonyl (C=O) groups is 1. The molecule has 1 aliphatic rings. The molecule has 1 aliphatic heterocycles. The zero-order valence-electron chi connectivity index (χ0n) is 19.4. The molecule has 0 aromatic heterocycles. The zero-order chi connectivity index (χ0) is 25.9. The Morgan fingerprint density at radius 2 is 1.68 bits per heavy atom. The smallest absolute Gasteiger partial charge is 0.316 e. The third-order valence-corrected chi connectivity index (χ3v) is 7.56. The number of thioether (sulfide) groups is 1. The molecule has 0 saturated heterocycles. The molecule has 37 heavy (non-hydrogen) atoms. The average Bonchev–Trinajstić information content (AvgIpc) is 3.08. The predicted molar refractivity (Wildman–Crippen MR) is 137 cm³/mol. The van der Waals surface area contributed by atoms with E-state index in [1.54, 1.807) is 6.07 Å². The van der Waals surface area contributed by atoms with Crippen LogP contribution < -0.4 is 5.32 Å². The molecule has 3 aromatic carbocycles. The van der Waals surface area contributed by atoms with E-state index in [0.717, 1.165) is 55.1 Å². The fourth-order valence-corrected chi connectivity index (χ4v) is 5.45. The molecule has 0 fully saturated rings. The van der Waals surface area contributed by atoms with Crippen LogP contribution in [-0.2, 0) is 31.3 Å². The summed E-state index contributed by atoms with van der Waals surface area (Å²) in [5.41, 5.74) is 1.81. The molecule has 4 rings (SSSR count). The first kappa shape index (κ1) is 29.2. The molecule has 3 aromatic rings. The highest BCUT2D eigenvalue weighted by molar-refractivity contribution is 7.98. The topological polar surface area (TPSA) is 32.3 Å². The molecule has 0 atom stereocenters. The van der Waals surface area contributed by atoms with Gasteiger partial charge in [0.05, 0.1) is 22.7 Å². The Morgan fingerprint density at radius 1 is 1.00 bits per heavy atom. The minimum absolute atomic E-state index is 0. The Balaban J connectivity index is 0.00000380. The molecule has 1 heterocycles. The van der Waals surface area contributed by atoms with E-state index in [-0.39, 0.29) is 23.1 Å². The number of amides is 1. The molecule has 3 nitrogen and oxygen atoms in total. The van der Waals surface area contributed by atoms with Gasteiger partial charge in [-0.2, -0.15) is 18.3 Å². The molecule has 0 unspecified atom stereocenters. The fourth-order valence-electron chi connectivity index (χ4n) is 4.01. The number of hydrogen-bond donors (Lipinski definition) is 1. The lowest BCUT2D eigenvalue weighted by molar-refractivity contribution is -0.137. The fraction of sp³-hybridized carbons (Fsp3) is 0.269. The number of benzene rings is 3. The maximum absolute atomic E-state index is 14.7. The average molecular weight is 577 g/mol.